The molecule has 0 spiro atoms. The van der Waals surface area contributed by atoms with E-state index >= 15 is 0 Å². The number of hydrogen-bond donors (Lipinski definition) is 1. The van der Waals surface area contributed by atoms with Gasteiger partial charge in [0.25, 0.3) is 0 Å². The van der Waals surface area contributed by atoms with Gasteiger partial charge in [0.2, 0.25) is 0 Å². The first kappa shape index (κ1) is 14.6. The van der Waals surface area contributed by atoms with Gasteiger partial charge in [-0.3, -0.25) is 0 Å². The van der Waals surface area contributed by atoms with E-state index in [2.05, 4.69) is 35.1 Å². The zero-order valence-electron chi connectivity index (χ0n) is 12.5. The van der Waals surface area contributed by atoms with Crippen LogP contribution in [0.5, 0.6) is 0 Å². The van der Waals surface area contributed by atoms with Gasteiger partial charge in [0, 0.05) is 25.4 Å². The third kappa shape index (κ3) is 4.10. The Hall–Kier alpha value is -1.81. The Kier molecular flexibility index (Phi) is 5.18. The molecule has 2 rings (SSSR count). The number of hydrogen-bond acceptors (Lipinski definition) is 4. The van der Waals surface area contributed by atoms with Crippen molar-refractivity contribution in [3.05, 3.63) is 48.0 Å². The molecule has 2 aromatic heterocycles. The zero-order chi connectivity index (χ0) is 14.4. The Balaban J connectivity index is 2.02. The van der Waals surface area contributed by atoms with Crippen LogP contribution in [0.15, 0.2) is 41.1 Å². The highest BCUT2D eigenvalue weighted by molar-refractivity contribution is 5.46. The summed E-state index contributed by atoms with van der Waals surface area (Å²) in [6, 6.07) is 7.99. The Bertz CT molecular complexity index is 508. The van der Waals surface area contributed by atoms with Crippen LogP contribution in [-0.4, -0.2) is 18.6 Å². The zero-order valence-corrected chi connectivity index (χ0v) is 12.5. The Labute approximate surface area is 120 Å². The molecule has 0 aliphatic heterocycles. The summed E-state index contributed by atoms with van der Waals surface area (Å²) in [5, 5.41) is 3.47. The topological polar surface area (TPSA) is 41.3 Å². The molecule has 0 atom stereocenters. The predicted octanol–water partition coefficient (Wildman–Crippen LogP) is 3.06. The number of anilines is 1. The monoisotopic (exact) mass is 273 g/mol. The quantitative estimate of drug-likeness (QED) is 0.842. The van der Waals surface area contributed by atoms with E-state index in [-0.39, 0.29) is 0 Å². The first-order chi connectivity index (χ1) is 9.66. The number of pyridine rings is 1. The average Bonchev–Trinajstić information content (AvgIpc) is 2.91. The summed E-state index contributed by atoms with van der Waals surface area (Å²) in [6.07, 6.45) is 3.53. The summed E-state index contributed by atoms with van der Waals surface area (Å²) < 4.78 is 5.39. The summed E-state index contributed by atoms with van der Waals surface area (Å²) in [5.74, 6) is 2.59. The lowest BCUT2D eigenvalue weighted by Gasteiger charge is -2.20. The van der Waals surface area contributed by atoms with Crippen LogP contribution in [0, 0.1) is 5.92 Å². The average molecular weight is 273 g/mol. The van der Waals surface area contributed by atoms with Gasteiger partial charge in [0.05, 0.1) is 12.8 Å². The van der Waals surface area contributed by atoms with Gasteiger partial charge in [-0.1, -0.05) is 19.9 Å². The van der Waals surface area contributed by atoms with Crippen molar-refractivity contribution in [3.63, 3.8) is 0 Å². The minimum atomic E-state index is 0.649. The molecule has 2 aromatic rings. The lowest BCUT2D eigenvalue weighted by molar-refractivity contribution is 0.506. The first-order valence-corrected chi connectivity index (χ1v) is 7.05. The molecule has 1 N–H and O–H groups in total. The first-order valence-electron chi connectivity index (χ1n) is 7.05. The molecule has 4 nitrogen and oxygen atoms in total. The summed E-state index contributed by atoms with van der Waals surface area (Å²) in [4.78, 5) is 6.62. The molecule has 0 saturated carbocycles. The fraction of sp³-hybridized carbons (Fsp3) is 0.438. The molecule has 20 heavy (non-hydrogen) atoms. The van der Waals surface area contributed by atoms with Gasteiger partial charge < -0.3 is 14.6 Å². The highest BCUT2D eigenvalue weighted by Crippen LogP contribution is 2.18. The second-order valence-corrected chi connectivity index (χ2v) is 5.45. The molecule has 0 aliphatic rings. The van der Waals surface area contributed by atoms with Crippen molar-refractivity contribution in [2.24, 2.45) is 5.92 Å². The van der Waals surface area contributed by atoms with E-state index < -0.39 is 0 Å². The fourth-order valence-corrected chi connectivity index (χ4v) is 2.12. The van der Waals surface area contributed by atoms with Gasteiger partial charge in [-0.05, 0) is 30.7 Å². The molecular formula is C16H23N3O. The molecule has 0 radical (unpaired) electrons. The maximum absolute atomic E-state index is 5.39. The van der Waals surface area contributed by atoms with E-state index in [1.165, 1.54) is 5.56 Å². The standard InChI is InChI=1S/C16H23N3O/c1-13(2)10-17-11-14-6-4-8-18-16(14)19(3)12-15-7-5-9-20-15/h4-9,13,17H,10-12H2,1-3H3. The molecule has 0 saturated heterocycles. The Morgan fingerprint density at radius 2 is 2.15 bits per heavy atom. The third-order valence-corrected chi connectivity index (χ3v) is 3.07. The van der Waals surface area contributed by atoms with Crippen molar-refractivity contribution in [1.29, 1.82) is 0 Å². The number of aromatic nitrogens is 1. The van der Waals surface area contributed by atoms with E-state index in [4.69, 9.17) is 4.42 Å². The van der Waals surface area contributed by atoms with Crippen molar-refractivity contribution in [2.45, 2.75) is 26.9 Å². The van der Waals surface area contributed by atoms with Crippen LogP contribution >= 0.6 is 0 Å². The molecule has 0 fully saturated rings. The van der Waals surface area contributed by atoms with Crippen molar-refractivity contribution >= 4 is 5.82 Å². The van der Waals surface area contributed by atoms with Crippen molar-refractivity contribution in [2.75, 3.05) is 18.5 Å². The maximum Gasteiger partial charge on any atom is 0.133 e. The second-order valence-electron chi connectivity index (χ2n) is 5.45. The fourth-order valence-electron chi connectivity index (χ4n) is 2.12. The van der Waals surface area contributed by atoms with Crippen molar-refractivity contribution < 1.29 is 4.42 Å². The van der Waals surface area contributed by atoms with Crippen LogP contribution < -0.4 is 10.2 Å². The summed E-state index contributed by atoms with van der Waals surface area (Å²) in [5.41, 5.74) is 1.21. The van der Waals surface area contributed by atoms with Crippen LogP contribution in [-0.2, 0) is 13.1 Å². The molecule has 4 heteroatoms. The predicted molar refractivity (Wildman–Crippen MR) is 81.6 cm³/mol. The van der Waals surface area contributed by atoms with Crippen LogP contribution in [0.25, 0.3) is 0 Å². The van der Waals surface area contributed by atoms with E-state index in [1.807, 2.05) is 31.4 Å². The van der Waals surface area contributed by atoms with Crippen molar-refractivity contribution in [1.82, 2.24) is 10.3 Å². The summed E-state index contributed by atoms with van der Waals surface area (Å²) >= 11 is 0. The van der Waals surface area contributed by atoms with Crippen molar-refractivity contribution in [3.8, 4) is 0 Å². The Morgan fingerprint density at radius 1 is 1.30 bits per heavy atom. The van der Waals surface area contributed by atoms with Gasteiger partial charge in [-0.25, -0.2) is 4.98 Å². The van der Waals surface area contributed by atoms with E-state index in [0.29, 0.717) is 5.92 Å². The normalized spacial score (nSPS) is 11.0. The molecule has 2 heterocycles. The van der Waals surface area contributed by atoms with Gasteiger partial charge >= 0.3 is 0 Å². The Morgan fingerprint density at radius 3 is 2.85 bits per heavy atom. The molecule has 0 aliphatic carbocycles. The highest BCUT2D eigenvalue weighted by atomic mass is 16.3. The lowest BCUT2D eigenvalue weighted by Crippen LogP contribution is -2.23. The largest absolute Gasteiger partial charge is 0.467 e. The highest BCUT2D eigenvalue weighted by Gasteiger charge is 2.10. The van der Waals surface area contributed by atoms with Crippen LogP contribution in [0.1, 0.15) is 25.2 Å². The lowest BCUT2D eigenvalue weighted by atomic mass is 10.2. The van der Waals surface area contributed by atoms with Gasteiger partial charge in [-0.15, -0.1) is 0 Å². The number of furan rings is 1. The van der Waals surface area contributed by atoms with Gasteiger partial charge in [0.1, 0.15) is 11.6 Å². The number of rotatable bonds is 7. The van der Waals surface area contributed by atoms with Crippen LogP contribution in [0.4, 0.5) is 5.82 Å². The molecule has 0 aromatic carbocycles. The SMILES string of the molecule is CC(C)CNCc1cccnc1N(C)Cc1ccco1. The van der Waals surface area contributed by atoms with E-state index in [9.17, 15) is 0 Å². The summed E-state index contributed by atoms with van der Waals surface area (Å²) in [7, 11) is 2.04. The number of nitrogens with one attached hydrogen (secondary N) is 1. The molecule has 108 valence electrons. The molecular weight excluding hydrogens is 250 g/mol. The molecule has 0 unspecified atom stereocenters. The van der Waals surface area contributed by atoms with Gasteiger partial charge in [-0.2, -0.15) is 0 Å². The minimum absolute atomic E-state index is 0.649. The second kappa shape index (κ2) is 7.10. The summed E-state index contributed by atoms with van der Waals surface area (Å²) in [6.45, 7) is 6.99. The minimum Gasteiger partial charge on any atom is -0.467 e. The van der Waals surface area contributed by atoms with E-state index in [0.717, 1.165) is 31.2 Å². The third-order valence-electron chi connectivity index (χ3n) is 3.07. The molecule has 0 amide bonds. The van der Waals surface area contributed by atoms with Crippen LogP contribution in [0.3, 0.4) is 0 Å². The van der Waals surface area contributed by atoms with Crippen LogP contribution in [0.2, 0.25) is 0 Å². The molecule has 0 bridgehead atoms. The van der Waals surface area contributed by atoms with E-state index in [1.54, 1.807) is 6.26 Å². The smallest absolute Gasteiger partial charge is 0.133 e. The maximum atomic E-state index is 5.39. The van der Waals surface area contributed by atoms with Gasteiger partial charge in [0.15, 0.2) is 0 Å². The number of nitrogens with zero attached hydrogens (tertiary/aromatic N) is 2.